The number of sulfone groups is 1. The zero-order chi connectivity index (χ0) is 18.4. The van der Waals surface area contributed by atoms with E-state index in [-0.39, 0.29) is 10.5 Å². The molecule has 8 heteroatoms. The molecule has 0 spiro atoms. The van der Waals surface area contributed by atoms with E-state index in [2.05, 4.69) is 0 Å². The Bertz CT molecular complexity index is 928. The van der Waals surface area contributed by atoms with Gasteiger partial charge in [0.15, 0.2) is 9.84 Å². The molecule has 1 aliphatic rings. The van der Waals surface area contributed by atoms with E-state index in [0.717, 1.165) is 6.07 Å². The highest BCUT2D eigenvalue weighted by Gasteiger charge is 2.75. The smallest absolute Gasteiger partial charge is 0.314 e. The number of halogens is 2. The second-order valence-corrected chi connectivity index (χ2v) is 8.46. The number of carboxylic acid groups (broad SMARTS) is 1. The third kappa shape index (κ3) is 2.72. The van der Waals surface area contributed by atoms with E-state index >= 15 is 0 Å². The van der Waals surface area contributed by atoms with Crippen LogP contribution in [0.4, 0.5) is 4.39 Å². The summed E-state index contributed by atoms with van der Waals surface area (Å²) in [6, 6.07) is 10.4. The van der Waals surface area contributed by atoms with Crippen LogP contribution >= 0.6 is 11.6 Å². The molecule has 1 aliphatic carbocycles. The predicted molar refractivity (Wildman–Crippen MR) is 88.7 cm³/mol. The summed E-state index contributed by atoms with van der Waals surface area (Å²) in [5, 5.41) is 18.2. The summed E-state index contributed by atoms with van der Waals surface area (Å²) in [6.45, 7) is -0.874. The summed E-state index contributed by atoms with van der Waals surface area (Å²) in [7, 11) is -4.08. The normalized spacial score (nSPS) is 25.6. The second-order valence-electron chi connectivity index (χ2n) is 5.96. The van der Waals surface area contributed by atoms with Gasteiger partial charge < -0.3 is 10.2 Å². The molecule has 132 valence electrons. The van der Waals surface area contributed by atoms with E-state index in [1.165, 1.54) is 42.5 Å². The van der Waals surface area contributed by atoms with Crippen molar-refractivity contribution in [3.8, 4) is 0 Å². The Hall–Kier alpha value is -1.96. The largest absolute Gasteiger partial charge is 0.481 e. The monoisotopic (exact) mass is 384 g/mol. The first-order valence-corrected chi connectivity index (χ1v) is 9.27. The predicted octanol–water partition coefficient (Wildman–Crippen LogP) is 2.48. The van der Waals surface area contributed by atoms with Crippen molar-refractivity contribution in [1.82, 2.24) is 0 Å². The first-order chi connectivity index (χ1) is 11.7. The molecular formula is C17H14ClFO5S. The molecule has 0 unspecified atom stereocenters. The Balaban J connectivity index is 2.12. The Morgan fingerprint density at radius 1 is 1.20 bits per heavy atom. The number of carboxylic acids is 1. The van der Waals surface area contributed by atoms with E-state index in [1.54, 1.807) is 0 Å². The molecule has 3 atom stereocenters. The third-order valence-corrected chi connectivity index (χ3v) is 7.14. The van der Waals surface area contributed by atoms with Crippen molar-refractivity contribution in [2.45, 2.75) is 16.1 Å². The summed E-state index contributed by atoms with van der Waals surface area (Å²) in [5.74, 6) is -3.09. The highest BCUT2D eigenvalue weighted by Crippen LogP contribution is 2.64. The number of aliphatic hydroxyl groups excluding tert-OH is 1. The molecular weight excluding hydrogens is 371 g/mol. The first-order valence-electron chi connectivity index (χ1n) is 7.34. The molecule has 1 saturated carbocycles. The van der Waals surface area contributed by atoms with Crippen LogP contribution < -0.4 is 0 Å². The number of aliphatic carboxylic acids is 1. The van der Waals surface area contributed by atoms with Gasteiger partial charge in [0, 0.05) is 10.9 Å². The summed E-state index contributed by atoms with van der Waals surface area (Å²) in [6.07, 6.45) is 0. The van der Waals surface area contributed by atoms with E-state index in [4.69, 9.17) is 11.6 Å². The molecule has 2 aromatic rings. The van der Waals surface area contributed by atoms with Gasteiger partial charge in [0.05, 0.1) is 16.8 Å². The van der Waals surface area contributed by atoms with Gasteiger partial charge in [0.1, 0.15) is 11.2 Å². The van der Waals surface area contributed by atoms with E-state index in [1.807, 2.05) is 0 Å². The maximum absolute atomic E-state index is 13.5. The molecule has 0 heterocycles. The van der Waals surface area contributed by atoms with E-state index in [0.29, 0.717) is 5.02 Å². The Morgan fingerprint density at radius 2 is 1.84 bits per heavy atom. The van der Waals surface area contributed by atoms with Crippen LogP contribution in [0, 0.1) is 11.2 Å². The van der Waals surface area contributed by atoms with Gasteiger partial charge in [0.25, 0.3) is 0 Å². The minimum Gasteiger partial charge on any atom is -0.481 e. The molecule has 0 amide bonds. The molecule has 1 fully saturated rings. The molecule has 0 aliphatic heterocycles. The molecule has 0 radical (unpaired) electrons. The molecule has 2 aromatic carbocycles. The Kier molecular flexibility index (Phi) is 4.35. The van der Waals surface area contributed by atoms with Crippen LogP contribution in [-0.2, 0) is 14.6 Å². The fraction of sp³-hybridized carbons (Fsp3) is 0.235. The molecule has 3 rings (SSSR count). The fourth-order valence-corrected chi connectivity index (χ4v) is 5.80. The van der Waals surface area contributed by atoms with Gasteiger partial charge in [-0.15, -0.1) is 0 Å². The van der Waals surface area contributed by atoms with Crippen molar-refractivity contribution in [3.63, 3.8) is 0 Å². The highest BCUT2D eigenvalue weighted by atomic mass is 35.5. The second kappa shape index (κ2) is 6.09. The zero-order valence-electron chi connectivity index (χ0n) is 12.8. The molecule has 2 N–H and O–H groups in total. The minimum atomic E-state index is -4.08. The highest BCUT2D eigenvalue weighted by molar-refractivity contribution is 7.92. The summed E-state index contributed by atoms with van der Waals surface area (Å²) in [5.41, 5.74) is -1.69. The van der Waals surface area contributed by atoms with Crippen LogP contribution in [0.15, 0.2) is 53.4 Å². The van der Waals surface area contributed by atoms with Crippen molar-refractivity contribution in [1.29, 1.82) is 0 Å². The molecule has 5 nitrogen and oxygen atoms in total. The lowest BCUT2D eigenvalue weighted by molar-refractivity contribution is -0.145. The summed E-state index contributed by atoms with van der Waals surface area (Å²) < 4.78 is 39.4. The number of benzene rings is 2. The zero-order valence-corrected chi connectivity index (χ0v) is 14.3. The lowest BCUT2D eigenvalue weighted by Crippen LogP contribution is -2.27. The Morgan fingerprint density at radius 3 is 2.36 bits per heavy atom. The van der Waals surface area contributed by atoms with Gasteiger partial charge in [0.2, 0.25) is 0 Å². The lowest BCUT2D eigenvalue weighted by atomic mass is 10.00. The lowest BCUT2D eigenvalue weighted by Gasteiger charge is -2.09. The molecule has 0 saturated heterocycles. The summed E-state index contributed by atoms with van der Waals surface area (Å²) >= 11 is 5.76. The average Bonchev–Trinajstić information content (AvgIpc) is 3.27. The van der Waals surface area contributed by atoms with Gasteiger partial charge >= 0.3 is 5.97 Å². The number of carbonyl (C=O) groups is 1. The molecule has 0 bridgehead atoms. The van der Waals surface area contributed by atoms with Gasteiger partial charge in [-0.1, -0.05) is 23.7 Å². The SMILES string of the molecule is O=C(O)[C@]1(CO)[C@H](c2cccc(F)c2)[C@@H]1S(=O)(=O)c1ccc(Cl)cc1. The van der Waals surface area contributed by atoms with Gasteiger partial charge in [-0.2, -0.15) is 0 Å². The van der Waals surface area contributed by atoms with Crippen molar-refractivity contribution in [3.05, 3.63) is 64.9 Å². The standard InChI is InChI=1S/C17H14ClFO5S/c18-11-4-6-13(7-5-11)25(23,24)15-14(17(15,9-20)16(21)22)10-2-1-3-12(19)8-10/h1-8,14-15,20H,9H2,(H,21,22)/t14-,15+,17-/m1/s1. The minimum absolute atomic E-state index is 0.0973. The van der Waals surface area contributed by atoms with Gasteiger partial charge in [-0.25, -0.2) is 12.8 Å². The molecule has 0 aromatic heterocycles. The number of hydrogen-bond donors (Lipinski definition) is 2. The van der Waals surface area contributed by atoms with E-state index < -0.39 is 44.8 Å². The van der Waals surface area contributed by atoms with Crippen molar-refractivity contribution in [2.24, 2.45) is 5.41 Å². The van der Waals surface area contributed by atoms with Crippen LogP contribution in [0.25, 0.3) is 0 Å². The van der Waals surface area contributed by atoms with E-state index in [9.17, 15) is 27.8 Å². The maximum Gasteiger partial charge on any atom is 0.314 e. The number of aliphatic hydroxyl groups is 1. The third-order valence-electron chi connectivity index (χ3n) is 4.60. The van der Waals surface area contributed by atoms with Gasteiger partial charge in [-0.3, -0.25) is 4.79 Å². The van der Waals surface area contributed by atoms with Crippen LogP contribution in [0.5, 0.6) is 0 Å². The topological polar surface area (TPSA) is 91.7 Å². The van der Waals surface area contributed by atoms with Crippen molar-refractivity contribution < 1.29 is 27.8 Å². The average molecular weight is 385 g/mol. The van der Waals surface area contributed by atoms with Gasteiger partial charge in [-0.05, 0) is 42.0 Å². The van der Waals surface area contributed by atoms with Crippen molar-refractivity contribution >= 4 is 27.4 Å². The van der Waals surface area contributed by atoms with Crippen molar-refractivity contribution in [2.75, 3.05) is 6.61 Å². The van der Waals surface area contributed by atoms with Crippen LogP contribution in [0.2, 0.25) is 5.02 Å². The number of hydrogen-bond acceptors (Lipinski definition) is 4. The maximum atomic E-state index is 13.5. The van der Waals surface area contributed by atoms with Crippen LogP contribution in [0.1, 0.15) is 11.5 Å². The van der Waals surface area contributed by atoms with Crippen LogP contribution in [-0.4, -0.2) is 36.5 Å². The molecule has 25 heavy (non-hydrogen) atoms. The number of rotatable bonds is 5. The summed E-state index contributed by atoms with van der Waals surface area (Å²) in [4.78, 5) is 11.7. The quantitative estimate of drug-likeness (QED) is 0.826. The Labute approximate surface area is 148 Å². The fourth-order valence-electron chi connectivity index (χ4n) is 3.31. The first kappa shape index (κ1) is 17.8. The van der Waals surface area contributed by atoms with Crippen LogP contribution in [0.3, 0.4) is 0 Å².